The van der Waals surface area contributed by atoms with Gasteiger partial charge in [0.15, 0.2) is 5.17 Å². The topological polar surface area (TPSA) is 50.7 Å². The highest BCUT2D eigenvalue weighted by molar-refractivity contribution is 8.18. The van der Waals surface area contributed by atoms with Crippen molar-refractivity contribution in [3.05, 3.63) is 63.5 Å². The first-order valence-corrected chi connectivity index (χ1v) is 11.0. The third kappa shape index (κ3) is 6.38. The largest absolute Gasteiger partial charge is 0.493 e. The number of thioether (sulfide) groups is 1. The van der Waals surface area contributed by atoms with Crippen molar-refractivity contribution in [3.63, 3.8) is 0 Å². The fraction of sp³-hybridized carbons (Fsp3) is 0.304. The molecule has 152 valence electrons. The van der Waals surface area contributed by atoms with E-state index >= 15 is 0 Å². The Morgan fingerprint density at radius 3 is 2.69 bits per heavy atom. The predicted molar refractivity (Wildman–Crippen MR) is 123 cm³/mol. The van der Waals surface area contributed by atoms with E-state index in [1.165, 1.54) is 30.2 Å². The van der Waals surface area contributed by atoms with Gasteiger partial charge in [0, 0.05) is 10.6 Å². The highest BCUT2D eigenvalue weighted by Gasteiger charge is 2.24. The minimum atomic E-state index is -0.172. The normalized spacial score (nSPS) is 16.4. The lowest BCUT2D eigenvalue weighted by atomic mass is 10.1. The van der Waals surface area contributed by atoms with Crippen molar-refractivity contribution >= 4 is 46.2 Å². The number of nitrogens with zero attached hydrogens (tertiary/aromatic N) is 1. The molecule has 1 heterocycles. The third-order valence-corrected chi connectivity index (χ3v) is 5.57. The van der Waals surface area contributed by atoms with Crippen LogP contribution in [0.5, 0.6) is 5.75 Å². The van der Waals surface area contributed by atoms with Gasteiger partial charge in [-0.25, -0.2) is 4.99 Å². The second kappa shape index (κ2) is 10.5. The summed E-state index contributed by atoms with van der Waals surface area (Å²) in [6, 6.07) is 13.3. The lowest BCUT2D eigenvalue weighted by Crippen LogP contribution is -2.19. The van der Waals surface area contributed by atoms with Crippen molar-refractivity contribution in [2.45, 2.75) is 39.5 Å². The lowest BCUT2D eigenvalue weighted by molar-refractivity contribution is -0.115. The van der Waals surface area contributed by atoms with Gasteiger partial charge >= 0.3 is 0 Å². The molecule has 0 radical (unpaired) electrons. The molecule has 0 aliphatic carbocycles. The van der Waals surface area contributed by atoms with Gasteiger partial charge in [0.05, 0.1) is 17.2 Å². The highest BCUT2D eigenvalue weighted by Crippen LogP contribution is 2.32. The van der Waals surface area contributed by atoms with Gasteiger partial charge in [0.1, 0.15) is 5.75 Å². The zero-order chi connectivity index (χ0) is 20.6. The van der Waals surface area contributed by atoms with E-state index in [9.17, 15) is 4.79 Å². The summed E-state index contributed by atoms with van der Waals surface area (Å²) in [6.07, 6.45) is 6.37. The molecule has 2 aromatic carbocycles. The van der Waals surface area contributed by atoms with E-state index in [1.807, 2.05) is 49.4 Å². The molecule has 3 rings (SSSR count). The van der Waals surface area contributed by atoms with Crippen LogP contribution in [0.25, 0.3) is 6.08 Å². The maximum absolute atomic E-state index is 12.4. The molecule has 29 heavy (non-hydrogen) atoms. The van der Waals surface area contributed by atoms with Crippen LogP contribution in [0.3, 0.4) is 0 Å². The van der Waals surface area contributed by atoms with E-state index in [-0.39, 0.29) is 5.91 Å². The number of benzene rings is 2. The molecule has 0 aromatic heterocycles. The third-order valence-electron chi connectivity index (χ3n) is 4.43. The number of ether oxygens (including phenoxy) is 1. The number of amides is 1. The number of amidine groups is 1. The second-order valence-electron chi connectivity index (χ2n) is 6.91. The fourth-order valence-electron chi connectivity index (χ4n) is 2.83. The summed E-state index contributed by atoms with van der Waals surface area (Å²) in [5.41, 5.74) is 2.77. The van der Waals surface area contributed by atoms with Crippen molar-refractivity contribution in [2.75, 3.05) is 6.61 Å². The van der Waals surface area contributed by atoms with Gasteiger partial charge in [-0.3, -0.25) is 4.79 Å². The monoisotopic (exact) mass is 428 g/mol. The first kappa shape index (κ1) is 21.5. The molecule has 0 unspecified atom stereocenters. The molecule has 1 aliphatic rings. The summed E-state index contributed by atoms with van der Waals surface area (Å²) >= 11 is 7.49. The predicted octanol–water partition coefficient (Wildman–Crippen LogP) is 6.50. The summed E-state index contributed by atoms with van der Waals surface area (Å²) in [5, 5.41) is 3.99. The quantitative estimate of drug-likeness (QED) is 0.385. The van der Waals surface area contributed by atoms with Crippen molar-refractivity contribution in [1.82, 2.24) is 5.32 Å². The van der Waals surface area contributed by atoms with E-state index in [0.29, 0.717) is 21.7 Å². The van der Waals surface area contributed by atoms with Gasteiger partial charge in [-0.1, -0.05) is 55.5 Å². The number of rotatable bonds is 8. The number of hydrogen-bond donors (Lipinski definition) is 1. The molecule has 1 aliphatic heterocycles. The summed E-state index contributed by atoms with van der Waals surface area (Å²) in [6.45, 7) is 4.86. The van der Waals surface area contributed by atoms with Crippen molar-refractivity contribution in [3.8, 4) is 5.75 Å². The molecule has 1 fully saturated rings. The number of aliphatic imine (C=N–C) groups is 1. The smallest absolute Gasteiger partial charge is 0.264 e. The molecule has 6 heteroatoms. The Labute approximate surface area is 181 Å². The number of nitrogens with one attached hydrogen (secondary N) is 1. The van der Waals surface area contributed by atoms with Gasteiger partial charge in [-0.15, -0.1) is 0 Å². The van der Waals surface area contributed by atoms with Crippen molar-refractivity contribution in [1.29, 1.82) is 0 Å². The molecule has 0 atom stereocenters. The summed E-state index contributed by atoms with van der Waals surface area (Å²) in [4.78, 5) is 17.5. The van der Waals surface area contributed by atoms with E-state index < -0.39 is 0 Å². The van der Waals surface area contributed by atoms with Crippen LogP contribution < -0.4 is 10.1 Å². The molecule has 2 aromatic rings. The van der Waals surface area contributed by atoms with Gasteiger partial charge in [0.25, 0.3) is 5.91 Å². The highest BCUT2D eigenvalue weighted by atomic mass is 35.5. The van der Waals surface area contributed by atoms with Gasteiger partial charge in [-0.2, -0.15) is 0 Å². The molecule has 1 N–H and O–H groups in total. The summed E-state index contributed by atoms with van der Waals surface area (Å²) < 4.78 is 5.94. The molecule has 0 spiro atoms. The van der Waals surface area contributed by atoms with Crippen LogP contribution in [0.4, 0.5) is 5.69 Å². The number of hydrogen-bond acceptors (Lipinski definition) is 4. The number of carbonyl (C=O) groups excluding carboxylic acids is 1. The van der Waals surface area contributed by atoms with E-state index in [4.69, 9.17) is 16.3 Å². The zero-order valence-electron chi connectivity index (χ0n) is 16.7. The van der Waals surface area contributed by atoms with E-state index in [1.54, 1.807) is 6.07 Å². The average Bonchev–Trinajstić information content (AvgIpc) is 3.04. The Balaban J connectivity index is 1.74. The zero-order valence-corrected chi connectivity index (χ0v) is 18.3. The minimum absolute atomic E-state index is 0.172. The molecule has 4 nitrogen and oxygen atoms in total. The SMILES string of the molecule is CCCCCCOc1ccc(Cl)cc1C=C1SC(=Nc2ccc(C)cc2)NC1=O. The van der Waals surface area contributed by atoms with Crippen LogP contribution >= 0.6 is 23.4 Å². The summed E-state index contributed by atoms with van der Waals surface area (Å²) in [5.74, 6) is 0.561. The maximum atomic E-state index is 12.4. The van der Waals surface area contributed by atoms with Gasteiger partial charge in [-0.05, 0) is 61.5 Å². The Bertz CT molecular complexity index is 923. The first-order valence-electron chi connectivity index (χ1n) is 9.84. The minimum Gasteiger partial charge on any atom is -0.493 e. The average molecular weight is 429 g/mol. The molecular formula is C23H25ClN2O2S. The van der Waals surface area contributed by atoms with Crippen molar-refractivity contribution < 1.29 is 9.53 Å². The molecular weight excluding hydrogens is 404 g/mol. The van der Waals surface area contributed by atoms with Crippen LogP contribution in [0.1, 0.15) is 43.7 Å². The fourth-order valence-corrected chi connectivity index (χ4v) is 3.85. The summed E-state index contributed by atoms with van der Waals surface area (Å²) in [7, 11) is 0. The number of carbonyl (C=O) groups is 1. The van der Waals surface area contributed by atoms with Crippen LogP contribution in [-0.2, 0) is 4.79 Å². The van der Waals surface area contributed by atoms with Gasteiger partial charge in [0.2, 0.25) is 0 Å². The lowest BCUT2D eigenvalue weighted by Gasteiger charge is -2.10. The number of halogens is 1. The number of aryl methyl sites for hydroxylation is 1. The molecule has 1 saturated heterocycles. The Kier molecular flexibility index (Phi) is 7.78. The van der Waals surface area contributed by atoms with E-state index in [0.717, 1.165) is 29.8 Å². The van der Waals surface area contributed by atoms with E-state index in [2.05, 4.69) is 17.2 Å². The molecule has 1 amide bonds. The van der Waals surface area contributed by atoms with Crippen LogP contribution in [0.15, 0.2) is 52.4 Å². The van der Waals surface area contributed by atoms with Gasteiger partial charge < -0.3 is 10.1 Å². The Hall–Kier alpha value is -2.24. The molecule has 0 saturated carbocycles. The second-order valence-corrected chi connectivity index (χ2v) is 8.38. The Morgan fingerprint density at radius 2 is 1.93 bits per heavy atom. The number of unbranched alkanes of at least 4 members (excludes halogenated alkanes) is 3. The maximum Gasteiger partial charge on any atom is 0.264 e. The van der Waals surface area contributed by atoms with Crippen LogP contribution in [0.2, 0.25) is 5.02 Å². The first-order chi connectivity index (χ1) is 14.0. The molecule has 0 bridgehead atoms. The van der Waals surface area contributed by atoms with Crippen LogP contribution in [-0.4, -0.2) is 17.7 Å². The Morgan fingerprint density at radius 1 is 1.14 bits per heavy atom. The standard InChI is InChI=1S/C23H25ClN2O2S/c1-3-4-5-6-13-28-20-12-9-18(24)14-17(20)15-21-22(27)26-23(29-21)25-19-10-7-16(2)8-11-19/h7-12,14-15H,3-6,13H2,1-2H3,(H,25,26,27). The van der Waals surface area contributed by atoms with Crippen LogP contribution in [0, 0.1) is 6.92 Å². The van der Waals surface area contributed by atoms with Crippen molar-refractivity contribution in [2.24, 2.45) is 4.99 Å².